The Morgan fingerprint density at radius 1 is 1.00 bits per heavy atom. The van der Waals surface area contributed by atoms with E-state index in [2.05, 4.69) is 30.4 Å². The van der Waals surface area contributed by atoms with Crippen LogP contribution in [-0.2, 0) is 5.41 Å². The average Bonchev–Trinajstić information content (AvgIpc) is 2.49. The van der Waals surface area contributed by atoms with Crippen molar-refractivity contribution in [3.05, 3.63) is 53.6 Å². The quantitative estimate of drug-likeness (QED) is 0.804. The molecule has 0 heterocycles. The topological polar surface area (TPSA) is 52.0 Å². The maximum atomic E-state index is 5.98. The smallest absolute Gasteiger partial charge is 0.0314 e. The predicted molar refractivity (Wildman–Crippen MR) is 85.4 cm³/mol. The molecule has 1 saturated carbocycles. The Labute approximate surface area is 121 Å². The van der Waals surface area contributed by atoms with Crippen molar-refractivity contribution < 1.29 is 0 Å². The summed E-state index contributed by atoms with van der Waals surface area (Å²) >= 11 is 0. The molecule has 1 fully saturated rings. The van der Waals surface area contributed by atoms with Crippen LogP contribution in [0.3, 0.4) is 0 Å². The average molecular weight is 268 g/mol. The van der Waals surface area contributed by atoms with Crippen LogP contribution in [-0.4, -0.2) is 6.04 Å². The van der Waals surface area contributed by atoms with Crippen LogP contribution >= 0.6 is 0 Å². The van der Waals surface area contributed by atoms with Gasteiger partial charge in [0.2, 0.25) is 0 Å². The van der Waals surface area contributed by atoms with Crippen LogP contribution in [0.2, 0.25) is 0 Å². The fourth-order valence-electron chi connectivity index (χ4n) is 3.69. The molecular weight excluding hydrogens is 244 g/mol. The summed E-state index contributed by atoms with van der Waals surface area (Å²) in [6, 6.07) is 8.67. The lowest BCUT2D eigenvalue weighted by molar-refractivity contribution is 0.343. The van der Waals surface area contributed by atoms with Crippen molar-refractivity contribution in [2.45, 2.75) is 50.0 Å². The maximum Gasteiger partial charge on any atom is 0.0314 e. The van der Waals surface area contributed by atoms with Gasteiger partial charge in [-0.1, -0.05) is 49.6 Å². The van der Waals surface area contributed by atoms with Gasteiger partial charge in [0, 0.05) is 17.1 Å². The summed E-state index contributed by atoms with van der Waals surface area (Å²) in [5.41, 5.74) is 15.7. The number of hydrogen-bond donors (Lipinski definition) is 2. The van der Waals surface area contributed by atoms with Crippen molar-refractivity contribution in [3.8, 4) is 0 Å². The molecule has 0 bridgehead atoms. The van der Waals surface area contributed by atoms with Gasteiger partial charge in [0.25, 0.3) is 0 Å². The van der Waals surface area contributed by atoms with Crippen LogP contribution in [0, 0.1) is 0 Å². The lowest BCUT2D eigenvalue weighted by Crippen LogP contribution is -2.32. The van der Waals surface area contributed by atoms with Gasteiger partial charge in [-0.3, -0.25) is 0 Å². The molecule has 4 N–H and O–H groups in total. The monoisotopic (exact) mass is 268 g/mol. The van der Waals surface area contributed by atoms with Gasteiger partial charge in [-0.2, -0.15) is 0 Å². The summed E-state index contributed by atoms with van der Waals surface area (Å²) in [5, 5.41) is 0. The first-order valence-electron chi connectivity index (χ1n) is 7.71. The van der Waals surface area contributed by atoms with Gasteiger partial charge in [0.15, 0.2) is 0 Å². The van der Waals surface area contributed by atoms with E-state index in [9.17, 15) is 0 Å². The molecule has 1 atom stereocenters. The predicted octanol–water partition coefficient (Wildman–Crippen LogP) is 3.68. The summed E-state index contributed by atoms with van der Waals surface area (Å²) in [5.74, 6) is 0. The molecule has 2 heteroatoms. The zero-order valence-electron chi connectivity index (χ0n) is 12.0. The Morgan fingerprint density at radius 3 is 2.30 bits per heavy atom. The van der Waals surface area contributed by atoms with E-state index in [1.807, 2.05) is 12.1 Å². The molecule has 0 radical (unpaired) electrons. The molecule has 1 unspecified atom stereocenters. The molecule has 0 spiro atoms. The highest BCUT2D eigenvalue weighted by atomic mass is 14.6. The second kappa shape index (κ2) is 5.45. The molecular formula is C18H24N2. The number of benzene rings is 1. The molecule has 0 saturated heterocycles. The zero-order valence-corrected chi connectivity index (χ0v) is 12.0. The highest BCUT2D eigenvalue weighted by Crippen LogP contribution is 2.46. The number of hydrogen-bond acceptors (Lipinski definition) is 2. The Bertz CT molecular complexity index is 519. The van der Waals surface area contributed by atoms with Crippen molar-refractivity contribution in [1.29, 1.82) is 0 Å². The van der Waals surface area contributed by atoms with Gasteiger partial charge < -0.3 is 11.5 Å². The third-order valence-corrected chi connectivity index (χ3v) is 4.86. The molecule has 0 amide bonds. The number of anilines is 1. The van der Waals surface area contributed by atoms with Crippen LogP contribution in [0.1, 0.15) is 44.1 Å². The standard InChI is InChI=1S/C18H24N2/c19-16-8-4-14(5-9-16)18(12-2-1-3-13-18)15-6-10-17(20)11-7-15/h4-10,17H,1-3,11-13,19-20H2. The summed E-state index contributed by atoms with van der Waals surface area (Å²) in [4.78, 5) is 0. The van der Waals surface area contributed by atoms with E-state index >= 15 is 0 Å². The second-order valence-electron chi connectivity index (χ2n) is 6.18. The number of nitrogen functional groups attached to an aromatic ring is 1. The van der Waals surface area contributed by atoms with Gasteiger partial charge in [-0.15, -0.1) is 0 Å². The molecule has 20 heavy (non-hydrogen) atoms. The Morgan fingerprint density at radius 2 is 1.70 bits per heavy atom. The van der Waals surface area contributed by atoms with Crippen LogP contribution in [0.5, 0.6) is 0 Å². The Balaban J connectivity index is 2.00. The highest BCUT2D eigenvalue weighted by molar-refractivity contribution is 5.48. The molecule has 1 aromatic rings. The van der Waals surface area contributed by atoms with E-state index < -0.39 is 0 Å². The zero-order chi connectivity index (χ0) is 14.0. The van der Waals surface area contributed by atoms with Gasteiger partial charge in [-0.05, 0) is 42.5 Å². The summed E-state index contributed by atoms with van der Waals surface area (Å²) < 4.78 is 0. The maximum absolute atomic E-state index is 5.98. The van der Waals surface area contributed by atoms with Gasteiger partial charge in [0.05, 0.1) is 0 Å². The number of rotatable bonds is 2. The van der Waals surface area contributed by atoms with Crippen molar-refractivity contribution in [3.63, 3.8) is 0 Å². The summed E-state index contributed by atoms with van der Waals surface area (Å²) in [6.45, 7) is 0. The SMILES string of the molecule is Nc1ccc(C2(C3=CCC(N)C=C3)CCCCC2)cc1. The molecule has 0 aliphatic heterocycles. The van der Waals surface area contributed by atoms with Crippen molar-refractivity contribution in [2.24, 2.45) is 5.73 Å². The van der Waals surface area contributed by atoms with Crippen LogP contribution < -0.4 is 11.5 Å². The third kappa shape index (κ3) is 2.40. The van der Waals surface area contributed by atoms with Gasteiger partial charge in [-0.25, -0.2) is 0 Å². The highest BCUT2D eigenvalue weighted by Gasteiger charge is 2.36. The Kier molecular flexibility index (Phi) is 3.66. The fraction of sp³-hybridized carbons (Fsp3) is 0.444. The molecule has 1 aromatic carbocycles. The van der Waals surface area contributed by atoms with E-state index in [0.717, 1.165) is 12.1 Å². The minimum atomic E-state index is 0.183. The van der Waals surface area contributed by atoms with E-state index in [4.69, 9.17) is 11.5 Å². The van der Waals surface area contributed by atoms with E-state index in [1.165, 1.54) is 43.2 Å². The molecule has 3 rings (SSSR count). The van der Waals surface area contributed by atoms with Gasteiger partial charge in [0.1, 0.15) is 0 Å². The molecule has 2 aliphatic rings. The van der Waals surface area contributed by atoms with Crippen molar-refractivity contribution >= 4 is 5.69 Å². The van der Waals surface area contributed by atoms with Crippen molar-refractivity contribution in [1.82, 2.24) is 0 Å². The van der Waals surface area contributed by atoms with E-state index in [1.54, 1.807) is 0 Å². The van der Waals surface area contributed by atoms with Crippen molar-refractivity contribution in [2.75, 3.05) is 5.73 Å². The first-order chi connectivity index (χ1) is 9.71. The summed E-state index contributed by atoms with van der Waals surface area (Å²) in [7, 11) is 0. The Hall–Kier alpha value is -1.54. The molecule has 0 aromatic heterocycles. The minimum absolute atomic E-state index is 0.183. The lowest BCUT2D eigenvalue weighted by atomic mass is 9.64. The minimum Gasteiger partial charge on any atom is -0.399 e. The lowest BCUT2D eigenvalue weighted by Gasteiger charge is -2.40. The molecule has 2 aliphatic carbocycles. The first kappa shape index (κ1) is 13.4. The normalized spacial score (nSPS) is 25.2. The third-order valence-electron chi connectivity index (χ3n) is 4.86. The number of allylic oxidation sites excluding steroid dienone is 2. The number of nitrogens with two attached hydrogens (primary N) is 2. The van der Waals surface area contributed by atoms with E-state index in [-0.39, 0.29) is 11.5 Å². The summed E-state index contributed by atoms with van der Waals surface area (Å²) in [6.07, 6.45) is 14.2. The van der Waals surface area contributed by atoms with E-state index in [0.29, 0.717) is 0 Å². The van der Waals surface area contributed by atoms with Crippen LogP contribution in [0.25, 0.3) is 0 Å². The van der Waals surface area contributed by atoms with Crippen LogP contribution in [0.15, 0.2) is 48.1 Å². The van der Waals surface area contributed by atoms with Gasteiger partial charge >= 0.3 is 0 Å². The largest absolute Gasteiger partial charge is 0.399 e. The van der Waals surface area contributed by atoms with Crippen LogP contribution in [0.4, 0.5) is 5.69 Å². The second-order valence-corrected chi connectivity index (χ2v) is 6.18. The molecule has 2 nitrogen and oxygen atoms in total. The first-order valence-corrected chi connectivity index (χ1v) is 7.71. The fourth-order valence-corrected chi connectivity index (χ4v) is 3.69. The molecule has 106 valence electrons.